The summed E-state index contributed by atoms with van der Waals surface area (Å²) in [4.78, 5) is 23.0. The van der Waals surface area contributed by atoms with Crippen molar-refractivity contribution < 1.29 is 4.79 Å². The van der Waals surface area contributed by atoms with Gasteiger partial charge in [0.25, 0.3) is 0 Å². The average Bonchev–Trinajstić information content (AvgIpc) is 3.04. The second kappa shape index (κ2) is 9.52. The maximum absolute atomic E-state index is 12.4. The van der Waals surface area contributed by atoms with E-state index in [9.17, 15) is 4.79 Å². The SMILES string of the molecule is Cc1nn(-c2cc(N(C)C)ncn2)c(C)c1CCC(=O)NCC(C)c1ccccc1. The predicted octanol–water partition coefficient (Wildman–Crippen LogP) is 3.20. The molecule has 1 N–H and O–H groups in total. The van der Waals surface area contributed by atoms with Crippen LogP contribution in [0.2, 0.25) is 0 Å². The molecule has 0 saturated carbocycles. The van der Waals surface area contributed by atoms with Crippen molar-refractivity contribution in [3.63, 3.8) is 0 Å². The number of carbonyl (C=O) groups excluding carboxylic acids is 1. The molecule has 7 nitrogen and oxygen atoms in total. The Morgan fingerprint density at radius 2 is 1.90 bits per heavy atom. The number of nitrogens with one attached hydrogen (secondary N) is 1. The van der Waals surface area contributed by atoms with Gasteiger partial charge in [-0.05, 0) is 37.3 Å². The number of nitrogens with zero attached hydrogens (tertiary/aromatic N) is 5. The van der Waals surface area contributed by atoms with Crippen molar-refractivity contribution in [2.75, 3.05) is 25.5 Å². The molecule has 1 atom stereocenters. The van der Waals surface area contributed by atoms with Crippen LogP contribution in [-0.4, -0.2) is 46.3 Å². The highest BCUT2D eigenvalue weighted by atomic mass is 16.1. The van der Waals surface area contributed by atoms with Crippen LogP contribution in [0, 0.1) is 13.8 Å². The number of amides is 1. The van der Waals surface area contributed by atoms with E-state index in [4.69, 9.17) is 0 Å². The Hall–Kier alpha value is -3.22. The second-order valence-electron chi connectivity index (χ2n) is 7.81. The fourth-order valence-electron chi connectivity index (χ4n) is 3.45. The Bertz CT molecular complexity index is 996. The quantitative estimate of drug-likeness (QED) is 0.622. The molecular weight excluding hydrogens is 376 g/mol. The number of carbonyl (C=O) groups is 1. The average molecular weight is 407 g/mol. The van der Waals surface area contributed by atoms with Crippen molar-refractivity contribution in [3.05, 3.63) is 65.2 Å². The van der Waals surface area contributed by atoms with Crippen molar-refractivity contribution in [1.82, 2.24) is 25.1 Å². The summed E-state index contributed by atoms with van der Waals surface area (Å²) >= 11 is 0. The van der Waals surface area contributed by atoms with Crippen LogP contribution < -0.4 is 10.2 Å². The van der Waals surface area contributed by atoms with E-state index in [1.165, 1.54) is 5.56 Å². The zero-order chi connectivity index (χ0) is 21.7. The van der Waals surface area contributed by atoms with Gasteiger partial charge in [0.15, 0.2) is 5.82 Å². The highest BCUT2D eigenvalue weighted by Crippen LogP contribution is 2.20. The Morgan fingerprint density at radius 3 is 2.60 bits per heavy atom. The third-order valence-electron chi connectivity index (χ3n) is 5.33. The van der Waals surface area contributed by atoms with E-state index in [0.717, 1.165) is 28.6 Å². The smallest absolute Gasteiger partial charge is 0.220 e. The first-order valence-electron chi connectivity index (χ1n) is 10.2. The summed E-state index contributed by atoms with van der Waals surface area (Å²) in [5.74, 6) is 1.88. The van der Waals surface area contributed by atoms with Crippen LogP contribution in [0.1, 0.15) is 41.8 Å². The summed E-state index contributed by atoms with van der Waals surface area (Å²) in [6.45, 7) is 6.75. The third-order valence-corrected chi connectivity index (χ3v) is 5.33. The molecule has 0 fully saturated rings. The molecule has 158 valence electrons. The van der Waals surface area contributed by atoms with Crippen molar-refractivity contribution in [2.45, 2.75) is 39.5 Å². The Labute approximate surface area is 178 Å². The van der Waals surface area contributed by atoms with E-state index in [1.54, 1.807) is 6.33 Å². The van der Waals surface area contributed by atoms with E-state index < -0.39 is 0 Å². The Morgan fingerprint density at radius 1 is 1.17 bits per heavy atom. The van der Waals surface area contributed by atoms with Crippen LogP contribution in [0.4, 0.5) is 5.82 Å². The molecule has 0 bridgehead atoms. The largest absolute Gasteiger partial charge is 0.363 e. The predicted molar refractivity (Wildman–Crippen MR) is 119 cm³/mol. The summed E-state index contributed by atoms with van der Waals surface area (Å²) in [5, 5.41) is 7.71. The van der Waals surface area contributed by atoms with Gasteiger partial charge in [0.1, 0.15) is 12.1 Å². The second-order valence-corrected chi connectivity index (χ2v) is 7.81. The van der Waals surface area contributed by atoms with Gasteiger partial charge in [-0.1, -0.05) is 37.3 Å². The molecule has 1 amide bonds. The molecule has 0 saturated heterocycles. The topological polar surface area (TPSA) is 75.9 Å². The minimum Gasteiger partial charge on any atom is -0.363 e. The maximum Gasteiger partial charge on any atom is 0.220 e. The monoisotopic (exact) mass is 406 g/mol. The first kappa shape index (κ1) is 21.5. The van der Waals surface area contributed by atoms with Crippen molar-refractivity contribution in [3.8, 4) is 5.82 Å². The molecule has 0 radical (unpaired) electrons. The van der Waals surface area contributed by atoms with E-state index >= 15 is 0 Å². The van der Waals surface area contributed by atoms with E-state index in [-0.39, 0.29) is 11.8 Å². The van der Waals surface area contributed by atoms with Crippen molar-refractivity contribution in [2.24, 2.45) is 0 Å². The summed E-state index contributed by atoms with van der Waals surface area (Å²) in [5.41, 5.74) is 4.24. The first-order chi connectivity index (χ1) is 14.4. The lowest BCUT2D eigenvalue weighted by Crippen LogP contribution is -2.27. The van der Waals surface area contributed by atoms with Gasteiger partial charge in [0, 0.05) is 38.8 Å². The molecule has 2 aromatic heterocycles. The van der Waals surface area contributed by atoms with Gasteiger partial charge in [-0.25, -0.2) is 14.6 Å². The molecule has 0 aliphatic carbocycles. The zero-order valence-corrected chi connectivity index (χ0v) is 18.4. The number of aromatic nitrogens is 4. The highest BCUT2D eigenvalue weighted by Gasteiger charge is 2.16. The number of hydrogen-bond acceptors (Lipinski definition) is 5. The molecule has 0 spiro atoms. The van der Waals surface area contributed by atoms with Gasteiger partial charge < -0.3 is 10.2 Å². The molecule has 3 aromatic rings. The lowest BCUT2D eigenvalue weighted by molar-refractivity contribution is -0.121. The molecule has 0 aliphatic heterocycles. The van der Waals surface area contributed by atoms with Crippen LogP contribution >= 0.6 is 0 Å². The summed E-state index contributed by atoms with van der Waals surface area (Å²) < 4.78 is 1.83. The van der Waals surface area contributed by atoms with Crippen LogP contribution in [-0.2, 0) is 11.2 Å². The Kier molecular flexibility index (Phi) is 6.82. The maximum atomic E-state index is 12.4. The molecule has 7 heteroatoms. The van der Waals surface area contributed by atoms with E-state index in [2.05, 4.69) is 39.4 Å². The summed E-state index contributed by atoms with van der Waals surface area (Å²) in [6.07, 6.45) is 2.62. The van der Waals surface area contributed by atoms with Gasteiger partial charge in [-0.2, -0.15) is 5.10 Å². The molecule has 30 heavy (non-hydrogen) atoms. The normalized spacial score (nSPS) is 11.9. The standard InChI is InChI=1S/C23H30N6O/c1-16(19-9-7-6-8-10-19)14-24-23(30)12-11-20-17(2)27-29(18(20)3)22-13-21(28(4)5)25-15-26-22/h6-10,13,15-16H,11-12,14H2,1-5H3,(H,24,30). The summed E-state index contributed by atoms with van der Waals surface area (Å²) in [7, 11) is 3.88. The van der Waals surface area contributed by atoms with Crippen LogP contribution in [0.5, 0.6) is 0 Å². The first-order valence-corrected chi connectivity index (χ1v) is 10.2. The van der Waals surface area contributed by atoms with Gasteiger partial charge >= 0.3 is 0 Å². The lowest BCUT2D eigenvalue weighted by Gasteiger charge is -2.13. The number of benzene rings is 1. The van der Waals surface area contributed by atoms with Crippen molar-refractivity contribution in [1.29, 1.82) is 0 Å². The molecule has 2 heterocycles. The number of aryl methyl sites for hydroxylation is 1. The van der Waals surface area contributed by atoms with E-state index in [0.29, 0.717) is 19.4 Å². The van der Waals surface area contributed by atoms with E-state index in [1.807, 2.05) is 61.8 Å². The third kappa shape index (κ3) is 5.03. The minimum absolute atomic E-state index is 0.0567. The zero-order valence-electron chi connectivity index (χ0n) is 18.4. The van der Waals surface area contributed by atoms with Crippen molar-refractivity contribution >= 4 is 11.7 Å². The molecule has 3 rings (SSSR count). The van der Waals surface area contributed by atoms with Gasteiger partial charge in [-0.3, -0.25) is 4.79 Å². The van der Waals surface area contributed by atoms with Crippen LogP contribution in [0.3, 0.4) is 0 Å². The fourth-order valence-corrected chi connectivity index (χ4v) is 3.45. The molecular formula is C23H30N6O. The summed E-state index contributed by atoms with van der Waals surface area (Å²) in [6, 6.07) is 12.1. The Balaban J connectivity index is 1.62. The number of rotatable bonds is 8. The number of anilines is 1. The fraction of sp³-hybridized carbons (Fsp3) is 0.391. The van der Waals surface area contributed by atoms with Crippen LogP contribution in [0.25, 0.3) is 5.82 Å². The van der Waals surface area contributed by atoms with Gasteiger partial charge in [0.05, 0.1) is 5.69 Å². The molecule has 1 aromatic carbocycles. The lowest BCUT2D eigenvalue weighted by atomic mass is 10.0. The van der Waals surface area contributed by atoms with Crippen LogP contribution in [0.15, 0.2) is 42.7 Å². The minimum atomic E-state index is 0.0567. The molecule has 0 aliphatic rings. The van der Waals surface area contributed by atoms with Gasteiger partial charge in [0.2, 0.25) is 5.91 Å². The number of hydrogen-bond donors (Lipinski definition) is 1. The highest BCUT2D eigenvalue weighted by molar-refractivity contribution is 5.76. The van der Waals surface area contributed by atoms with Gasteiger partial charge in [-0.15, -0.1) is 0 Å². The molecule has 1 unspecified atom stereocenters.